The van der Waals surface area contributed by atoms with E-state index < -0.39 is 23.7 Å². The summed E-state index contributed by atoms with van der Waals surface area (Å²) in [7, 11) is 0. The molecule has 0 saturated heterocycles. The Labute approximate surface area is 131 Å². The van der Waals surface area contributed by atoms with Gasteiger partial charge in [0.1, 0.15) is 5.82 Å². The second-order valence-electron chi connectivity index (χ2n) is 4.69. The van der Waals surface area contributed by atoms with Gasteiger partial charge >= 0.3 is 5.97 Å². The van der Waals surface area contributed by atoms with Crippen LogP contribution in [0, 0.1) is 5.82 Å². The van der Waals surface area contributed by atoms with Gasteiger partial charge in [0.15, 0.2) is 0 Å². The average Bonchev–Trinajstić information content (AvgIpc) is 2.46. The Kier molecular flexibility index (Phi) is 5.12. The van der Waals surface area contributed by atoms with Crippen LogP contribution in [-0.2, 0) is 4.79 Å². The van der Waals surface area contributed by atoms with E-state index in [1.54, 1.807) is 24.3 Å². The smallest absolute Gasteiger partial charge is 0.305 e. The molecule has 2 aromatic rings. The quantitative estimate of drug-likeness (QED) is 0.886. The zero-order chi connectivity index (χ0) is 16.1. The molecule has 0 fully saturated rings. The zero-order valence-electron chi connectivity index (χ0n) is 11.4. The Morgan fingerprint density at radius 1 is 1.18 bits per heavy atom. The van der Waals surface area contributed by atoms with E-state index in [9.17, 15) is 14.0 Å². The van der Waals surface area contributed by atoms with Crippen molar-refractivity contribution in [1.82, 2.24) is 5.32 Å². The fourth-order valence-electron chi connectivity index (χ4n) is 1.99. The van der Waals surface area contributed by atoms with Crippen molar-refractivity contribution in [2.75, 3.05) is 0 Å². The molecule has 0 bridgehead atoms. The SMILES string of the molecule is O=C(O)C[C@H](NC(=O)c1ccc(F)cc1)c1cccc(Cl)c1. The van der Waals surface area contributed by atoms with Crippen LogP contribution in [-0.4, -0.2) is 17.0 Å². The normalized spacial score (nSPS) is 11.7. The highest BCUT2D eigenvalue weighted by molar-refractivity contribution is 6.30. The van der Waals surface area contributed by atoms with Crippen LogP contribution in [0.2, 0.25) is 5.02 Å². The number of hydrogen-bond acceptors (Lipinski definition) is 2. The third-order valence-electron chi connectivity index (χ3n) is 3.04. The van der Waals surface area contributed by atoms with E-state index in [1.807, 2.05) is 0 Å². The summed E-state index contributed by atoms with van der Waals surface area (Å²) in [4.78, 5) is 23.1. The second-order valence-corrected chi connectivity index (χ2v) is 5.12. The third-order valence-corrected chi connectivity index (χ3v) is 3.28. The maximum Gasteiger partial charge on any atom is 0.305 e. The van der Waals surface area contributed by atoms with Gasteiger partial charge in [-0.25, -0.2) is 4.39 Å². The van der Waals surface area contributed by atoms with Crippen molar-refractivity contribution in [3.63, 3.8) is 0 Å². The molecule has 22 heavy (non-hydrogen) atoms. The predicted molar refractivity (Wildman–Crippen MR) is 80.3 cm³/mol. The van der Waals surface area contributed by atoms with Gasteiger partial charge in [0.25, 0.3) is 5.91 Å². The van der Waals surface area contributed by atoms with Crippen molar-refractivity contribution in [3.05, 3.63) is 70.5 Å². The van der Waals surface area contributed by atoms with Gasteiger partial charge < -0.3 is 10.4 Å². The molecular formula is C16H13ClFNO3. The molecule has 2 aromatic carbocycles. The standard InChI is InChI=1S/C16H13ClFNO3/c17-12-3-1-2-11(8-12)14(9-15(20)21)19-16(22)10-4-6-13(18)7-5-10/h1-8,14H,9H2,(H,19,22)(H,20,21)/t14-/m0/s1. The van der Waals surface area contributed by atoms with E-state index >= 15 is 0 Å². The number of benzene rings is 2. The number of nitrogens with one attached hydrogen (secondary N) is 1. The number of halogens is 2. The molecule has 114 valence electrons. The number of carboxylic acids is 1. The predicted octanol–water partition coefficient (Wildman–Crippen LogP) is 3.42. The summed E-state index contributed by atoms with van der Waals surface area (Å²) in [6, 6.07) is 10.9. The van der Waals surface area contributed by atoms with E-state index in [0.29, 0.717) is 10.6 Å². The van der Waals surface area contributed by atoms with Gasteiger partial charge in [0, 0.05) is 10.6 Å². The molecule has 6 heteroatoms. The number of carbonyl (C=O) groups is 2. The Morgan fingerprint density at radius 3 is 2.45 bits per heavy atom. The van der Waals surface area contributed by atoms with Crippen molar-refractivity contribution in [2.45, 2.75) is 12.5 Å². The van der Waals surface area contributed by atoms with E-state index in [-0.39, 0.29) is 12.0 Å². The van der Waals surface area contributed by atoms with Crippen molar-refractivity contribution in [1.29, 1.82) is 0 Å². The van der Waals surface area contributed by atoms with Gasteiger partial charge in [0.05, 0.1) is 12.5 Å². The second kappa shape index (κ2) is 7.04. The van der Waals surface area contributed by atoms with E-state index in [0.717, 1.165) is 0 Å². The summed E-state index contributed by atoms with van der Waals surface area (Å²) < 4.78 is 12.9. The van der Waals surface area contributed by atoms with Crippen molar-refractivity contribution in [2.24, 2.45) is 0 Å². The van der Waals surface area contributed by atoms with Crippen LogP contribution in [0.5, 0.6) is 0 Å². The average molecular weight is 322 g/mol. The Balaban J connectivity index is 2.21. The van der Waals surface area contributed by atoms with Gasteiger partial charge in [0.2, 0.25) is 0 Å². The van der Waals surface area contributed by atoms with Crippen LogP contribution in [0.25, 0.3) is 0 Å². The molecular weight excluding hydrogens is 309 g/mol. The number of hydrogen-bond donors (Lipinski definition) is 2. The molecule has 1 amide bonds. The summed E-state index contributed by atoms with van der Waals surface area (Å²) in [5.41, 5.74) is 0.837. The third kappa shape index (κ3) is 4.30. The summed E-state index contributed by atoms with van der Waals surface area (Å²) in [6.07, 6.45) is -0.284. The Bertz CT molecular complexity index is 688. The first-order valence-electron chi connectivity index (χ1n) is 6.49. The Morgan fingerprint density at radius 2 is 1.86 bits per heavy atom. The van der Waals surface area contributed by atoms with Crippen LogP contribution in [0.3, 0.4) is 0 Å². The van der Waals surface area contributed by atoms with Crippen LogP contribution >= 0.6 is 11.6 Å². The number of amides is 1. The van der Waals surface area contributed by atoms with Crippen molar-refractivity contribution < 1.29 is 19.1 Å². The van der Waals surface area contributed by atoms with Gasteiger partial charge in [-0.1, -0.05) is 23.7 Å². The zero-order valence-corrected chi connectivity index (χ0v) is 12.2. The Hall–Kier alpha value is -2.40. The van der Waals surface area contributed by atoms with Gasteiger partial charge in [-0.15, -0.1) is 0 Å². The molecule has 2 rings (SSSR count). The van der Waals surface area contributed by atoms with Crippen molar-refractivity contribution >= 4 is 23.5 Å². The molecule has 4 nitrogen and oxygen atoms in total. The van der Waals surface area contributed by atoms with Crippen LogP contribution in [0.4, 0.5) is 4.39 Å². The fraction of sp³-hybridized carbons (Fsp3) is 0.125. The highest BCUT2D eigenvalue weighted by Crippen LogP contribution is 2.21. The molecule has 0 aliphatic heterocycles. The lowest BCUT2D eigenvalue weighted by Crippen LogP contribution is -2.30. The first kappa shape index (κ1) is 16.0. The minimum atomic E-state index is -1.05. The van der Waals surface area contributed by atoms with Crippen LogP contribution < -0.4 is 5.32 Å². The monoisotopic (exact) mass is 321 g/mol. The van der Waals surface area contributed by atoms with E-state index in [2.05, 4.69) is 5.32 Å². The van der Waals surface area contributed by atoms with Gasteiger partial charge in [-0.2, -0.15) is 0 Å². The van der Waals surface area contributed by atoms with Crippen LogP contribution in [0.15, 0.2) is 48.5 Å². The lowest BCUT2D eigenvalue weighted by Gasteiger charge is -2.17. The summed E-state index contributed by atoms with van der Waals surface area (Å²) in [6.45, 7) is 0. The molecule has 0 aromatic heterocycles. The minimum absolute atomic E-state index is 0.249. The summed E-state index contributed by atoms with van der Waals surface area (Å²) >= 11 is 5.89. The molecule has 1 atom stereocenters. The number of aliphatic carboxylic acids is 1. The molecule has 0 unspecified atom stereocenters. The lowest BCUT2D eigenvalue weighted by atomic mass is 10.0. The minimum Gasteiger partial charge on any atom is -0.481 e. The molecule has 0 heterocycles. The topological polar surface area (TPSA) is 66.4 Å². The largest absolute Gasteiger partial charge is 0.481 e. The molecule has 0 aliphatic rings. The number of rotatable bonds is 5. The molecule has 0 radical (unpaired) electrons. The summed E-state index contributed by atoms with van der Waals surface area (Å²) in [5, 5.41) is 12.1. The fourth-order valence-corrected chi connectivity index (χ4v) is 2.19. The van der Waals surface area contributed by atoms with Gasteiger partial charge in [-0.05, 0) is 42.0 Å². The van der Waals surface area contributed by atoms with Crippen molar-refractivity contribution in [3.8, 4) is 0 Å². The lowest BCUT2D eigenvalue weighted by molar-refractivity contribution is -0.137. The summed E-state index contributed by atoms with van der Waals surface area (Å²) in [5.74, 6) is -1.98. The van der Waals surface area contributed by atoms with E-state index in [1.165, 1.54) is 24.3 Å². The number of carbonyl (C=O) groups excluding carboxylic acids is 1. The maximum atomic E-state index is 12.9. The first-order chi connectivity index (χ1) is 10.5. The first-order valence-corrected chi connectivity index (χ1v) is 6.87. The molecule has 0 saturated carbocycles. The highest BCUT2D eigenvalue weighted by Gasteiger charge is 2.19. The molecule has 2 N–H and O–H groups in total. The number of carboxylic acid groups (broad SMARTS) is 1. The highest BCUT2D eigenvalue weighted by atomic mass is 35.5. The van der Waals surface area contributed by atoms with Gasteiger partial charge in [-0.3, -0.25) is 9.59 Å². The molecule has 0 aliphatic carbocycles. The maximum absolute atomic E-state index is 12.9. The van der Waals surface area contributed by atoms with E-state index in [4.69, 9.17) is 16.7 Å². The van der Waals surface area contributed by atoms with Crippen LogP contribution in [0.1, 0.15) is 28.4 Å². The molecule has 0 spiro atoms.